The summed E-state index contributed by atoms with van der Waals surface area (Å²) in [6.07, 6.45) is 2.48. The van der Waals surface area contributed by atoms with Crippen molar-refractivity contribution in [3.63, 3.8) is 0 Å². The van der Waals surface area contributed by atoms with Crippen LogP contribution in [0.15, 0.2) is 30.6 Å². The molecular weight excluding hydrogens is 415 g/mol. The van der Waals surface area contributed by atoms with Crippen LogP contribution in [0.2, 0.25) is 5.02 Å². The Morgan fingerprint density at radius 3 is 2.67 bits per heavy atom. The molecule has 0 saturated carbocycles. The van der Waals surface area contributed by atoms with Crippen LogP contribution in [0, 0.1) is 22.9 Å². The van der Waals surface area contributed by atoms with Crippen molar-refractivity contribution < 1.29 is 14.1 Å². The number of nitro groups is 1. The monoisotopic (exact) mass is 432 g/mol. The number of nitrogens with zero attached hydrogens (tertiary/aromatic N) is 4. The molecule has 3 N–H and O–H groups in total. The van der Waals surface area contributed by atoms with Gasteiger partial charge in [0.2, 0.25) is 11.7 Å². The number of methoxy groups -OCH3 is 1. The van der Waals surface area contributed by atoms with Gasteiger partial charge in [-0.1, -0.05) is 11.6 Å². The Hall–Kier alpha value is -3.53. The van der Waals surface area contributed by atoms with E-state index in [0.29, 0.717) is 22.6 Å². The molecule has 0 bridgehead atoms. The van der Waals surface area contributed by atoms with Crippen LogP contribution in [0.5, 0.6) is 5.88 Å². The Labute approximate surface area is 176 Å². The first-order chi connectivity index (χ1) is 14.2. The molecule has 9 nitrogen and oxygen atoms in total. The Kier molecular flexibility index (Phi) is 5.97. The number of anilines is 2. The Morgan fingerprint density at radius 1 is 1.33 bits per heavy atom. The van der Waals surface area contributed by atoms with E-state index in [1.165, 1.54) is 31.5 Å². The van der Waals surface area contributed by atoms with Crippen molar-refractivity contribution in [2.75, 3.05) is 18.2 Å². The van der Waals surface area contributed by atoms with E-state index in [-0.39, 0.29) is 34.0 Å². The van der Waals surface area contributed by atoms with Gasteiger partial charge in [-0.3, -0.25) is 15.1 Å². The normalized spacial score (nSPS) is 11.8. The third-order valence-corrected chi connectivity index (χ3v) is 4.66. The highest BCUT2D eigenvalue weighted by Gasteiger charge is 2.29. The summed E-state index contributed by atoms with van der Waals surface area (Å²) in [6.45, 7) is 3.45. The van der Waals surface area contributed by atoms with Gasteiger partial charge in [-0.15, -0.1) is 0 Å². The van der Waals surface area contributed by atoms with Crippen LogP contribution < -0.4 is 15.8 Å². The van der Waals surface area contributed by atoms with E-state index >= 15 is 0 Å². The topological polar surface area (TPSA) is 129 Å². The van der Waals surface area contributed by atoms with E-state index in [1.807, 2.05) is 0 Å². The Balaban J connectivity index is 2.17. The van der Waals surface area contributed by atoms with E-state index in [9.17, 15) is 14.5 Å². The van der Waals surface area contributed by atoms with Gasteiger partial charge in [0.05, 0.1) is 46.1 Å². The summed E-state index contributed by atoms with van der Waals surface area (Å²) in [5.41, 5.74) is 7.04. The molecule has 11 heteroatoms. The van der Waals surface area contributed by atoms with Crippen molar-refractivity contribution in [2.45, 2.75) is 19.9 Å². The molecular formula is C19H18ClFN6O3. The quantitative estimate of drug-likeness (QED) is 0.435. The van der Waals surface area contributed by atoms with Gasteiger partial charge in [0, 0.05) is 11.8 Å². The summed E-state index contributed by atoms with van der Waals surface area (Å²) >= 11 is 6.08. The van der Waals surface area contributed by atoms with Gasteiger partial charge in [-0.25, -0.2) is 14.4 Å². The maximum atomic E-state index is 13.2. The average molecular weight is 433 g/mol. The molecule has 0 aliphatic heterocycles. The molecule has 3 rings (SSSR count). The van der Waals surface area contributed by atoms with Crippen LogP contribution in [-0.4, -0.2) is 27.0 Å². The second-order valence-electron chi connectivity index (χ2n) is 6.43. The van der Waals surface area contributed by atoms with Crippen LogP contribution in [0.25, 0.3) is 11.1 Å². The first-order valence-corrected chi connectivity index (χ1v) is 9.13. The van der Waals surface area contributed by atoms with E-state index < -0.39 is 10.7 Å². The summed E-state index contributed by atoms with van der Waals surface area (Å²) in [7, 11) is 1.40. The van der Waals surface area contributed by atoms with Crippen molar-refractivity contribution in [1.29, 1.82) is 0 Å². The predicted molar refractivity (Wildman–Crippen MR) is 111 cm³/mol. The molecule has 156 valence electrons. The van der Waals surface area contributed by atoms with Gasteiger partial charge in [0.25, 0.3) is 0 Å². The molecule has 0 aromatic carbocycles. The van der Waals surface area contributed by atoms with E-state index in [0.717, 1.165) is 6.20 Å². The second-order valence-corrected chi connectivity index (χ2v) is 6.87. The molecule has 0 aliphatic carbocycles. The number of ether oxygens (including phenoxy) is 1. The smallest absolute Gasteiger partial charge is 0.319 e. The van der Waals surface area contributed by atoms with Crippen LogP contribution in [-0.2, 0) is 0 Å². The average Bonchev–Trinajstić information content (AvgIpc) is 2.70. The van der Waals surface area contributed by atoms with Crippen molar-refractivity contribution >= 4 is 28.9 Å². The number of rotatable bonds is 6. The molecule has 30 heavy (non-hydrogen) atoms. The first-order valence-electron chi connectivity index (χ1n) is 8.75. The lowest BCUT2D eigenvalue weighted by Crippen LogP contribution is -2.13. The van der Waals surface area contributed by atoms with E-state index in [1.54, 1.807) is 13.8 Å². The van der Waals surface area contributed by atoms with Crippen LogP contribution in [0.3, 0.4) is 0 Å². The molecule has 0 aliphatic rings. The Morgan fingerprint density at radius 2 is 2.07 bits per heavy atom. The number of hydrogen-bond acceptors (Lipinski definition) is 8. The van der Waals surface area contributed by atoms with Crippen LogP contribution in [0.4, 0.5) is 21.7 Å². The number of aromatic nitrogens is 3. The molecule has 3 aromatic rings. The summed E-state index contributed by atoms with van der Waals surface area (Å²) < 4.78 is 18.4. The SMILES string of the molecule is COc1ncc(Cl)cc1-c1c(C)c(N[C@@H](C)c2ccc(F)cn2)nc(N)c1[N+](=O)[O-]. The summed E-state index contributed by atoms with van der Waals surface area (Å²) in [5, 5.41) is 15.2. The van der Waals surface area contributed by atoms with Crippen LogP contribution >= 0.6 is 11.6 Å². The van der Waals surface area contributed by atoms with Crippen molar-refractivity contribution in [1.82, 2.24) is 15.0 Å². The van der Waals surface area contributed by atoms with Gasteiger partial charge < -0.3 is 15.8 Å². The molecule has 1 atom stereocenters. The summed E-state index contributed by atoms with van der Waals surface area (Å²) in [6, 6.07) is 3.95. The van der Waals surface area contributed by atoms with Gasteiger partial charge in [-0.2, -0.15) is 0 Å². The van der Waals surface area contributed by atoms with Crippen LogP contribution in [0.1, 0.15) is 24.2 Å². The molecule has 0 spiro atoms. The lowest BCUT2D eigenvalue weighted by molar-refractivity contribution is -0.383. The number of hydrogen-bond donors (Lipinski definition) is 2. The molecule has 3 heterocycles. The third kappa shape index (κ3) is 4.08. The molecule has 0 fully saturated rings. The Bertz CT molecular complexity index is 1110. The number of nitrogens with one attached hydrogen (secondary N) is 1. The molecule has 3 aromatic heterocycles. The fourth-order valence-corrected chi connectivity index (χ4v) is 3.19. The number of nitrogen functional groups attached to an aromatic ring is 1. The number of pyridine rings is 3. The predicted octanol–water partition coefficient (Wildman–Crippen LogP) is 4.31. The highest BCUT2D eigenvalue weighted by atomic mass is 35.5. The van der Waals surface area contributed by atoms with Gasteiger partial charge >= 0.3 is 5.69 Å². The highest BCUT2D eigenvalue weighted by Crippen LogP contribution is 2.43. The first kappa shape index (κ1) is 21.2. The zero-order valence-corrected chi connectivity index (χ0v) is 17.1. The zero-order chi connectivity index (χ0) is 22.0. The second kappa shape index (κ2) is 8.46. The van der Waals surface area contributed by atoms with Crippen molar-refractivity contribution in [2.24, 2.45) is 0 Å². The number of nitrogens with two attached hydrogens (primary N) is 1. The van der Waals surface area contributed by atoms with Crippen molar-refractivity contribution in [3.8, 4) is 17.0 Å². The minimum absolute atomic E-state index is 0.149. The van der Waals surface area contributed by atoms with Gasteiger partial charge in [0.15, 0.2) is 0 Å². The van der Waals surface area contributed by atoms with Gasteiger partial charge in [0.1, 0.15) is 11.6 Å². The summed E-state index contributed by atoms with van der Waals surface area (Å²) in [4.78, 5) is 23.5. The van der Waals surface area contributed by atoms with Crippen molar-refractivity contribution in [3.05, 3.63) is 62.8 Å². The molecule has 0 amide bonds. The lowest BCUT2D eigenvalue weighted by Gasteiger charge is -2.19. The fourth-order valence-electron chi connectivity index (χ4n) is 3.03. The molecule has 0 saturated heterocycles. The largest absolute Gasteiger partial charge is 0.481 e. The maximum Gasteiger partial charge on any atom is 0.319 e. The zero-order valence-electron chi connectivity index (χ0n) is 16.3. The molecule has 0 unspecified atom stereocenters. The highest BCUT2D eigenvalue weighted by molar-refractivity contribution is 6.30. The standard InChI is InChI=1S/C19H18ClFN6O3/c1-9-15(13-6-11(20)7-24-19(13)30-3)16(27(28)29)17(22)26-18(9)25-10(2)14-5-4-12(21)8-23-14/h4-8,10H,1-3H3,(H3,22,25,26)/t10-/m0/s1. The minimum atomic E-state index is -0.611. The summed E-state index contributed by atoms with van der Waals surface area (Å²) in [5.74, 6) is -0.295. The fraction of sp³-hybridized carbons (Fsp3) is 0.211. The third-order valence-electron chi connectivity index (χ3n) is 4.45. The van der Waals surface area contributed by atoms with E-state index in [2.05, 4.69) is 20.3 Å². The maximum absolute atomic E-state index is 13.2. The number of halogens is 2. The minimum Gasteiger partial charge on any atom is -0.481 e. The van der Waals surface area contributed by atoms with E-state index in [4.69, 9.17) is 22.1 Å². The lowest BCUT2D eigenvalue weighted by atomic mass is 9.99. The van der Waals surface area contributed by atoms with Gasteiger partial charge in [-0.05, 0) is 32.0 Å². The molecule has 0 radical (unpaired) electrons.